The first-order valence-corrected chi connectivity index (χ1v) is 6.42. The molecule has 0 atom stereocenters. The number of benzene rings is 1. The smallest absolute Gasteiger partial charge is 0.294 e. The van der Waals surface area contributed by atoms with Crippen LogP contribution < -0.4 is 4.90 Å². The third-order valence-electron chi connectivity index (χ3n) is 3.23. The average Bonchev–Trinajstić information content (AvgIpc) is 2.84. The maximum Gasteiger partial charge on any atom is 0.294 e. The zero-order valence-corrected chi connectivity index (χ0v) is 10.9. The molecule has 1 aromatic carbocycles. The molecule has 1 N–H and O–H groups in total. The first-order valence-electron chi connectivity index (χ1n) is 6.05. The number of furan rings is 1. The van der Waals surface area contributed by atoms with Gasteiger partial charge in [-0.1, -0.05) is 12.1 Å². The number of rotatable bonds is 1. The van der Waals surface area contributed by atoms with E-state index in [4.69, 9.17) is 16.0 Å². The number of halogens is 1. The summed E-state index contributed by atoms with van der Waals surface area (Å²) in [6, 6.07) is 8.36. The minimum absolute atomic E-state index is 0.114. The molecule has 0 saturated heterocycles. The number of fused-ring (bicyclic) bond motifs is 1. The summed E-state index contributed by atoms with van der Waals surface area (Å²) in [6.45, 7) is 0.557. The Balaban J connectivity index is 2.02. The number of aryl methyl sites for hydroxylation is 1. The molecule has 2 aromatic rings. The topological polar surface area (TPSA) is 53.7 Å². The van der Waals surface area contributed by atoms with Gasteiger partial charge in [0.2, 0.25) is 0 Å². The number of para-hydroxylation sites is 1. The van der Waals surface area contributed by atoms with Crippen LogP contribution in [-0.2, 0) is 6.42 Å². The van der Waals surface area contributed by atoms with Crippen LogP contribution in [0.3, 0.4) is 0 Å². The van der Waals surface area contributed by atoms with Crippen molar-refractivity contribution in [2.24, 2.45) is 0 Å². The normalized spacial score (nSPS) is 14.3. The van der Waals surface area contributed by atoms with Crippen LogP contribution in [0, 0.1) is 0 Å². The lowest BCUT2D eigenvalue weighted by atomic mass is 10.0. The molecule has 5 heteroatoms. The van der Waals surface area contributed by atoms with Crippen molar-refractivity contribution in [3.63, 3.8) is 0 Å². The number of phenols is 1. The fourth-order valence-corrected chi connectivity index (χ4v) is 2.54. The standard InChI is InChI=1S/C14H12ClNO3/c15-12-7-6-11(19-12)14(18)16-8-2-4-9-3-1-5-10(17)13(9)16/h1,3,5-7,17H,2,4,8H2. The molecular formula is C14H12ClNO3. The summed E-state index contributed by atoms with van der Waals surface area (Å²) in [4.78, 5) is 13.9. The van der Waals surface area contributed by atoms with Gasteiger partial charge < -0.3 is 14.4 Å². The highest BCUT2D eigenvalue weighted by Gasteiger charge is 2.27. The van der Waals surface area contributed by atoms with E-state index < -0.39 is 0 Å². The lowest BCUT2D eigenvalue weighted by molar-refractivity contribution is 0.0957. The molecule has 0 bridgehead atoms. The summed E-state index contributed by atoms with van der Waals surface area (Å²) in [5.41, 5.74) is 1.54. The Labute approximate surface area is 115 Å². The molecular weight excluding hydrogens is 266 g/mol. The maximum absolute atomic E-state index is 12.4. The summed E-state index contributed by atoms with van der Waals surface area (Å²) in [5.74, 6) is 0.0126. The van der Waals surface area contributed by atoms with Crippen molar-refractivity contribution < 1.29 is 14.3 Å². The number of aromatic hydroxyl groups is 1. The Morgan fingerprint density at radius 2 is 2.16 bits per heavy atom. The molecule has 1 aliphatic heterocycles. The molecule has 0 saturated carbocycles. The molecule has 0 spiro atoms. The molecule has 1 amide bonds. The van der Waals surface area contributed by atoms with Gasteiger partial charge in [-0.3, -0.25) is 4.79 Å². The Morgan fingerprint density at radius 1 is 1.32 bits per heavy atom. The van der Waals surface area contributed by atoms with Crippen molar-refractivity contribution in [1.29, 1.82) is 0 Å². The zero-order chi connectivity index (χ0) is 13.4. The van der Waals surface area contributed by atoms with Crippen molar-refractivity contribution in [3.8, 4) is 5.75 Å². The van der Waals surface area contributed by atoms with Crippen LogP contribution in [0.15, 0.2) is 34.7 Å². The van der Waals surface area contributed by atoms with Crippen LogP contribution in [0.1, 0.15) is 22.5 Å². The molecule has 0 radical (unpaired) electrons. The van der Waals surface area contributed by atoms with Gasteiger partial charge in [-0.05, 0) is 48.2 Å². The number of nitrogens with zero attached hydrogens (tertiary/aromatic N) is 1. The Hall–Kier alpha value is -1.94. The number of amides is 1. The summed E-state index contributed by atoms with van der Waals surface area (Å²) in [6.07, 6.45) is 1.71. The Kier molecular flexibility index (Phi) is 2.95. The highest BCUT2D eigenvalue weighted by Crippen LogP contribution is 2.36. The summed E-state index contributed by atoms with van der Waals surface area (Å²) in [7, 11) is 0. The van der Waals surface area contributed by atoms with E-state index in [0.29, 0.717) is 12.2 Å². The van der Waals surface area contributed by atoms with E-state index in [1.807, 2.05) is 6.07 Å². The third-order valence-corrected chi connectivity index (χ3v) is 3.43. The van der Waals surface area contributed by atoms with E-state index in [-0.39, 0.29) is 22.6 Å². The SMILES string of the molecule is O=C(c1ccc(Cl)o1)N1CCCc2cccc(O)c21. The molecule has 0 fully saturated rings. The minimum Gasteiger partial charge on any atom is -0.506 e. The second-order valence-electron chi connectivity index (χ2n) is 4.45. The van der Waals surface area contributed by atoms with Gasteiger partial charge in [0.25, 0.3) is 5.91 Å². The number of hydrogen-bond donors (Lipinski definition) is 1. The predicted octanol–water partition coefficient (Wildman–Crippen LogP) is 3.23. The molecule has 2 heterocycles. The fourth-order valence-electron chi connectivity index (χ4n) is 2.40. The average molecular weight is 278 g/mol. The van der Waals surface area contributed by atoms with Gasteiger partial charge in [-0.2, -0.15) is 0 Å². The van der Waals surface area contributed by atoms with E-state index in [0.717, 1.165) is 18.4 Å². The molecule has 4 nitrogen and oxygen atoms in total. The largest absolute Gasteiger partial charge is 0.506 e. The number of carbonyl (C=O) groups excluding carboxylic acids is 1. The fraction of sp³-hybridized carbons (Fsp3) is 0.214. The van der Waals surface area contributed by atoms with E-state index >= 15 is 0 Å². The van der Waals surface area contributed by atoms with E-state index in [1.54, 1.807) is 23.1 Å². The van der Waals surface area contributed by atoms with Crippen molar-refractivity contribution >= 4 is 23.2 Å². The van der Waals surface area contributed by atoms with Gasteiger partial charge in [0.1, 0.15) is 5.75 Å². The molecule has 0 unspecified atom stereocenters. The van der Waals surface area contributed by atoms with Gasteiger partial charge in [-0.25, -0.2) is 0 Å². The highest BCUT2D eigenvalue weighted by molar-refractivity contribution is 6.29. The number of anilines is 1. The number of hydrogen-bond acceptors (Lipinski definition) is 3. The molecule has 3 rings (SSSR count). The van der Waals surface area contributed by atoms with Crippen molar-refractivity contribution in [1.82, 2.24) is 0 Å². The second-order valence-corrected chi connectivity index (χ2v) is 4.82. The third kappa shape index (κ3) is 2.08. The summed E-state index contributed by atoms with van der Waals surface area (Å²) in [5, 5.41) is 10.2. The van der Waals surface area contributed by atoms with Crippen LogP contribution in [0.5, 0.6) is 5.75 Å². The quantitative estimate of drug-likeness (QED) is 0.871. The molecule has 1 aliphatic rings. The lowest BCUT2D eigenvalue weighted by Gasteiger charge is -2.29. The van der Waals surface area contributed by atoms with Gasteiger partial charge in [0.15, 0.2) is 11.0 Å². The predicted molar refractivity (Wildman–Crippen MR) is 71.8 cm³/mol. The zero-order valence-electron chi connectivity index (χ0n) is 10.1. The lowest BCUT2D eigenvalue weighted by Crippen LogP contribution is -2.35. The van der Waals surface area contributed by atoms with E-state index in [2.05, 4.69) is 0 Å². The van der Waals surface area contributed by atoms with Crippen molar-refractivity contribution in [2.75, 3.05) is 11.4 Å². The molecule has 1 aromatic heterocycles. The van der Waals surface area contributed by atoms with Crippen LogP contribution >= 0.6 is 11.6 Å². The molecule has 98 valence electrons. The monoisotopic (exact) mass is 277 g/mol. The van der Waals surface area contributed by atoms with E-state index in [9.17, 15) is 9.90 Å². The van der Waals surface area contributed by atoms with Crippen LogP contribution in [-0.4, -0.2) is 17.6 Å². The maximum atomic E-state index is 12.4. The Morgan fingerprint density at radius 3 is 2.89 bits per heavy atom. The summed E-state index contributed by atoms with van der Waals surface area (Å²) < 4.78 is 5.15. The van der Waals surface area contributed by atoms with Crippen molar-refractivity contribution in [2.45, 2.75) is 12.8 Å². The minimum atomic E-state index is -0.283. The first-order chi connectivity index (χ1) is 9.16. The highest BCUT2D eigenvalue weighted by atomic mass is 35.5. The van der Waals surface area contributed by atoms with Gasteiger partial charge in [0, 0.05) is 6.54 Å². The molecule has 0 aliphatic carbocycles. The Bertz CT molecular complexity index is 635. The van der Waals surface area contributed by atoms with Crippen LogP contribution in [0.25, 0.3) is 0 Å². The van der Waals surface area contributed by atoms with Crippen molar-refractivity contribution in [3.05, 3.63) is 46.9 Å². The van der Waals surface area contributed by atoms with Crippen LogP contribution in [0.2, 0.25) is 5.22 Å². The van der Waals surface area contributed by atoms with Gasteiger partial charge in [-0.15, -0.1) is 0 Å². The summed E-state index contributed by atoms with van der Waals surface area (Å²) >= 11 is 5.69. The first kappa shape index (κ1) is 12.1. The van der Waals surface area contributed by atoms with Gasteiger partial charge in [0.05, 0.1) is 5.69 Å². The second kappa shape index (κ2) is 4.63. The molecule has 19 heavy (non-hydrogen) atoms. The number of carbonyl (C=O) groups is 1. The number of phenolic OH excluding ortho intramolecular Hbond substituents is 1. The van der Waals surface area contributed by atoms with Gasteiger partial charge >= 0.3 is 0 Å². The van der Waals surface area contributed by atoms with E-state index in [1.165, 1.54) is 6.07 Å². The van der Waals surface area contributed by atoms with Crippen LogP contribution in [0.4, 0.5) is 5.69 Å².